The fourth-order valence-electron chi connectivity index (χ4n) is 3.29. The van der Waals surface area contributed by atoms with Gasteiger partial charge in [0, 0.05) is 10.2 Å². The lowest BCUT2D eigenvalue weighted by atomic mass is 10.0. The van der Waals surface area contributed by atoms with Crippen LogP contribution < -0.4 is 5.32 Å². The lowest BCUT2D eigenvalue weighted by Crippen LogP contribution is -2.70. The molecule has 3 atom stereocenters. The van der Waals surface area contributed by atoms with Crippen molar-refractivity contribution < 1.29 is 19.5 Å². The standard InChI is InChI=1S/C19H17BrN6O4S/c1-9(15-22-24-25-23-15)16(27)21-13-17(28)26-14(19(29)30)11(8-31-18(13)26)5-2-10-3-6-12(20)7-4-10/h2-7,9,13,18H,8H2,1H3,(H,21,27)(H,29,30)(H,22,23,24,25)/t9?,13?,18-/m0/s1. The third-order valence-electron chi connectivity index (χ3n) is 5.01. The van der Waals surface area contributed by atoms with Gasteiger partial charge in [-0.25, -0.2) is 9.89 Å². The number of H-pyrrole nitrogens is 1. The number of aromatic nitrogens is 4. The summed E-state index contributed by atoms with van der Waals surface area (Å²) in [7, 11) is 0. The van der Waals surface area contributed by atoms with Crippen molar-refractivity contribution in [2.45, 2.75) is 24.3 Å². The summed E-state index contributed by atoms with van der Waals surface area (Å²) in [6.45, 7) is 1.61. The zero-order valence-electron chi connectivity index (χ0n) is 16.2. The number of aliphatic carboxylic acids is 1. The average molecular weight is 505 g/mol. The number of thioether (sulfide) groups is 1. The second-order valence-corrected chi connectivity index (χ2v) is 8.99. The maximum Gasteiger partial charge on any atom is 0.352 e. The molecule has 1 aromatic heterocycles. The summed E-state index contributed by atoms with van der Waals surface area (Å²) in [4.78, 5) is 38.4. The molecule has 1 saturated heterocycles. The summed E-state index contributed by atoms with van der Waals surface area (Å²) in [5.41, 5.74) is 1.39. The molecule has 0 radical (unpaired) electrons. The summed E-state index contributed by atoms with van der Waals surface area (Å²) in [5.74, 6) is -2.05. The highest BCUT2D eigenvalue weighted by Crippen LogP contribution is 2.41. The number of carbonyl (C=O) groups excluding carboxylic acids is 2. The molecule has 0 spiro atoms. The Balaban J connectivity index is 1.51. The van der Waals surface area contributed by atoms with Crippen molar-refractivity contribution in [3.8, 4) is 0 Å². The molecule has 2 aliphatic rings. The number of benzene rings is 1. The minimum atomic E-state index is -1.18. The van der Waals surface area contributed by atoms with Crippen molar-refractivity contribution in [2.75, 3.05) is 5.75 Å². The van der Waals surface area contributed by atoms with E-state index >= 15 is 0 Å². The fraction of sp³-hybridized carbons (Fsp3) is 0.263. The summed E-state index contributed by atoms with van der Waals surface area (Å²) >= 11 is 4.78. The van der Waals surface area contributed by atoms with Crippen LogP contribution in [0.3, 0.4) is 0 Å². The van der Waals surface area contributed by atoms with E-state index in [9.17, 15) is 19.5 Å². The highest BCUT2D eigenvalue weighted by molar-refractivity contribution is 9.10. The molecule has 2 unspecified atom stereocenters. The summed E-state index contributed by atoms with van der Waals surface area (Å²) < 4.78 is 0.944. The Kier molecular flexibility index (Phi) is 5.92. The Hall–Kier alpha value is -2.99. The van der Waals surface area contributed by atoms with Crippen molar-refractivity contribution in [1.29, 1.82) is 0 Å². The Morgan fingerprint density at radius 3 is 2.74 bits per heavy atom. The van der Waals surface area contributed by atoms with Gasteiger partial charge in [0.05, 0.1) is 5.92 Å². The van der Waals surface area contributed by atoms with E-state index in [1.165, 1.54) is 16.7 Å². The number of hydrogen-bond donors (Lipinski definition) is 3. The number of β-lactam (4-membered cyclic amide) rings is 1. The van der Waals surface area contributed by atoms with E-state index in [0.29, 0.717) is 11.3 Å². The van der Waals surface area contributed by atoms with Crippen LogP contribution in [0.5, 0.6) is 0 Å². The molecular formula is C19H17BrN6O4S. The number of tetrazole rings is 1. The van der Waals surface area contributed by atoms with Gasteiger partial charge in [0.1, 0.15) is 17.1 Å². The molecule has 3 heterocycles. The molecule has 0 saturated carbocycles. The van der Waals surface area contributed by atoms with Gasteiger partial charge in [-0.1, -0.05) is 40.2 Å². The number of nitrogens with one attached hydrogen (secondary N) is 2. The van der Waals surface area contributed by atoms with Gasteiger partial charge in [0.2, 0.25) is 5.91 Å². The molecular weight excluding hydrogens is 488 g/mol. The molecule has 12 heteroatoms. The number of carboxylic acid groups (broad SMARTS) is 1. The van der Waals surface area contributed by atoms with Gasteiger partial charge in [-0.15, -0.1) is 16.9 Å². The third-order valence-corrected chi connectivity index (χ3v) is 6.84. The monoisotopic (exact) mass is 504 g/mol. The molecule has 0 bridgehead atoms. The Morgan fingerprint density at radius 2 is 2.10 bits per heavy atom. The SMILES string of the molecule is CC(C(=O)NC1C(=O)N2C(C(=O)O)=C(C=Cc3ccc(Br)cc3)CS[C@@H]12)c1nnn[nH]1. The van der Waals surface area contributed by atoms with E-state index in [0.717, 1.165) is 10.0 Å². The van der Waals surface area contributed by atoms with Crippen LogP contribution in [-0.2, 0) is 14.4 Å². The molecule has 10 nitrogen and oxygen atoms in total. The average Bonchev–Trinajstić information content (AvgIpc) is 3.30. The fourth-order valence-corrected chi connectivity index (χ4v) is 4.88. The number of allylic oxidation sites excluding steroid dienone is 1. The number of hydrogen-bond acceptors (Lipinski definition) is 7. The second-order valence-electron chi connectivity index (χ2n) is 6.97. The predicted octanol–water partition coefficient (Wildman–Crippen LogP) is 1.52. The van der Waals surface area contributed by atoms with Gasteiger partial charge in [-0.2, -0.15) is 0 Å². The summed E-state index contributed by atoms with van der Waals surface area (Å²) in [6, 6.07) is 6.76. The lowest BCUT2D eigenvalue weighted by Gasteiger charge is -2.49. The summed E-state index contributed by atoms with van der Waals surface area (Å²) in [5, 5.41) is 25.1. The van der Waals surface area contributed by atoms with Crippen molar-refractivity contribution in [1.82, 2.24) is 30.8 Å². The zero-order chi connectivity index (χ0) is 22.1. The van der Waals surface area contributed by atoms with Crippen molar-refractivity contribution in [3.05, 3.63) is 57.5 Å². The van der Waals surface area contributed by atoms with Gasteiger partial charge in [-0.3, -0.25) is 14.5 Å². The number of fused-ring (bicyclic) bond motifs is 1. The molecule has 160 valence electrons. The Bertz CT molecular complexity index is 1090. The van der Waals surface area contributed by atoms with E-state index in [-0.39, 0.29) is 11.5 Å². The molecule has 3 N–H and O–H groups in total. The molecule has 2 aliphatic heterocycles. The first-order valence-corrected chi connectivity index (χ1v) is 11.1. The van der Waals surface area contributed by atoms with E-state index in [2.05, 4.69) is 41.9 Å². The van der Waals surface area contributed by atoms with Crippen molar-refractivity contribution >= 4 is 51.6 Å². The zero-order valence-corrected chi connectivity index (χ0v) is 18.6. The molecule has 4 rings (SSSR count). The highest BCUT2D eigenvalue weighted by Gasteiger charge is 2.54. The van der Waals surface area contributed by atoms with Gasteiger partial charge in [0.15, 0.2) is 5.82 Å². The minimum Gasteiger partial charge on any atom is -0.477 e. The second kappa shape index (κ2) is 8.63. The van der Waals surface area contributed by atoms with Crippen LogP contribution in [0.25, 0.3) is 6.08 Å². The maximum atomic E-state index is 12.7. The largest absolute Gasteiger partial charge is 0.477 e. The Morgan fingerprint density at radius 1 is 1.35 bits per heavy atom. The minimum absolute atomic E-state index is 0.0555. The molecule has 2 amide bonds. The van der Waals surface area contributed by atoms with E-state index in [4.69, 9.17) is 0 Å². The number of rotatable bonds is 6. The van der Waals surface area contributed by atoms with Gasteiger partial charge >= 0.3 is 5.97 Å². The van der Waals surface area contributed by atoms with Crippen molar-refractivity contribution in [2.24, 2.45) is 0 Å². The quantitative estimate of drug-likeness (QED) is 0.502. The number of nitrogens with zero attached hydrogens (tertiary/aromatic N) is 4. The van der Waals surface area contributed by atoms with Crippen LogP contribution >= 0.6 is 27.7 Å². The Labute approximate surface area is 189 Å². The maximum absolute atomic E-state index is 12.7. The number of aromatic amines is 1. The highest BCUT2D eigenvalue weighted by atomic mass is 79.9. The molecule has 1 fully saturated rings. The molecule has 0 aliphatic carbocycles. The smallest absolute Gasteiger partial charge is 0.352 e. The van der Waals surface area contributed by atoms with Crippen LogP contribution in [0, 0.1) is 0 Å². The molecule has 31 heavy (non-hydrogen) atoms. The topological polar surface area (TPSA) is 141 Å². The lowest BCUT2D eigenvalue weighted by molar-refractivity contribution is -0.150. The number of amides is 2. The summed E-state index contributed by atoms with van der Waals surface area (Å²) in [6.07, 6.45) is 3.52. The normalized spacial score (nSPS) is 21.6. The first-order valence-electron chi connectivity index (χ1n) is 9.25. The van der Waals surface area contributed by atoms with E-state index in [1.54, 1.807) is 13.0 Å². The van der Waals surface area contributed by atoms with E-state index in [1.807, 2.05) is 30.3 Å². The number of halogens is 1. The molecule has 2 aromatic rings. The third kappa shape index (κ3) is 4.12. The van der Waals surface area contributed by atoms with Crippen LogP contribution in [0.2, 0.25) is 0 Å². The van der Waals surface area contributed by atoms with Gasteiger partial charge in [-0.05, 0) is 40.6 Å². The van der Waals surface area contributed by atoms with Crippen LogP contribution in [0.15, 0.2) is 46.1 Å². The predicted molar refractivity (Wildman–Crippen MR) is 115 cm³/mol. The van der Waals surface area contributed by atoms with Gasteiger partial charge in [0.25, 0.3) is 5.91 Å². The first kappa shape index (κ1) is 21.2. The number of carbonyl (C=O) groups is 3. The van der Waals surface area contributed by atoms with Crippen LogP contribution in [0.4, 0.5) is 0 Å². The first-order chi connectivity index (χ1) is 14.9. The number of carboxylic acids is 1. The van der Waals surface area contributed by atoms with Gasteiger partial charge < -0.3 is 10.4 Å². The molecule has 1 aromatic carbocycles. The van der Waals surface area contributed by atoms with Crippen LogP contribution in [0.1, 0.15) is 24.2 Å². The van der Waals surface area contributed by atoms with Crippen LogP contribution in [-0.4, -0.2) is 65.6 Å². The van der Waals surface area contributed by atoms with E-state index < -0.39 is 35.1 Å². The van der Waals surface area contributed by atoms with Crippen molar-refractivity contribution in [3.63, 3.8) is 0 Å².